The van der Waals surface area contributed by atoms with Crippen LogP contribution in [0.2, 0.25) is 0 Å². The predicted molar refractivity (Wildman–Crippen MR) is 143 cm³/mol. The van der Waals surface area contributed by atoms with E-state index < -0.39 is 0 Å². The quantitative estimate of drug-likeness (QED) is 0.306. The second-order valence-electron chi connectivity index (χ2n) is 8.30. The molecule has 36 heavy (non-hydrogen) atoms. The lowest BCUT2D eigenvalue weighted by Gasteiger charge is -2.11. The van der Waals surface area contributed by atoms with Gasteiger partial charge in [-0.25, -0.2) is 0 Å². The van der Waals surface area contributed by atoms with E-state index in [9.17, 15) is 9.59 Å². The monoisotopic (exact) mass is 472 g/mol. The van der Waals surface area contributed by atoms with Gasteiger partial charge in [-0.15, -0.1) is 0 Å². The third-order valence-corrected chi connectivity index (χ3v) is 5.85. The maximum atomic E-state index is 13.1. The molecule has 2 N–H and O–H groups in total. The minimum atomic E-state index is -0.195. The van der Waals surface area contributed by atoms with E-state index in [2.05, 4.69) is 15.7 Å². The number of anilines is 2. The van der Waals surface area contributed by atoms with Crippen molar-refractivity contribution >= 4 is 23.3 Å². The molecule has 0 aliphatic heterocycles. The first-order valence-electron chi connectivity index (χ1n) is 11.6. The minimum absolute atomic E-state index is 0.175. The summed E-state index contributed by atoms with van der Waals surface area (Å²) in [5, 5.41) is 10.4. The molecule has 0 unspecified atom stereocenters. The number of hydrogen-bond donors (Lipinski definition) is 2. The van der Waals surface area contributed by atoms with Crippen LogP contribution in [0.3, 0.4) is 0 Å². The van der Waals surface area contributed by atoms with Crippen LogP contribution in [0, 0.1) is 0 Å². The summed E-state index contributed by atoms with van der Waals surface area (Å²) in [7, 11) is 1.78. The topological polar surface area (TPSA) is 76.0 Å². The summed E-state index contributed by atoms with van der Waals surface area (Å²) < 4.78 is 1.63. The fraction of sp³-hybridized carbons (Fsp3) is 0.0333. The number of benzene rings is 4. The van der Waals surface area contributed by atoms with Crippen LogP contribution in [0.1, 0.15) is 20.7 Å². The van der Waals surface area contributed by atoms with Crippen molar-refractivity contribution in [3.05, 3.63) is 126 Å². The van der Waals surface area contributed by atoms with E-state index in [0.29, 0.717) is 28.3 Å². The first-order valence-corrected chi connectivity index (χ1v) is 11.6. The van der Waals surface area contributed by atoms with E-state index in [0.717, 1.165) is 16.7 Å². The van der Waals surface area contributed by atoms with E-state index in [-0.39, 0.29) is 11.8 Å². The first-order chi connectivity index (χ1) is 17.6. The summed E-state index contributed by atoms with van der Waals surface area (Å²) in [4.78, 5) is 25.6. The van der Waals surface area contributed by atoms with Gasteiger partial charge < -0.3 is 10.6 Å². The molecular formula is C30H24N4O2. The van der Waals surface area contributed by atoms with E-state index in [1.807, 2.05) is 103 Å². The molecule has 6 heteroatoms. The second-order valence-corrected chi connectivity index (χ2v) is 8.30. The van der Waals surface area contributed by atoms with E-state index >= 15 is 0 Å². The molecule has 0 saturated heterocycles. The van der Waals surface area contributed by atoms with Gasteiger partial charge in [-0.1, -0.05) is 78.9 Å². The Balaban J connectivity index is 1.30. The molecule has 0 aliphatic rings. The van der Waals surface area contributed by atoms with E-state index in [4.69, 9.17) is 0 Å². The zero-order valence-corrected chi connectivity index (χ0v) is 19.7. The van der Waals surface area contributed by atoms with Gasteiger partial charge in [0.25, 0.3) is 11.8 Å². The van der Waals surface area contributed by atoms with Gasteiger partial charge in [-0.05, 0) is 41.5 Å². The van der Waals surface area contributed by atoms with Gasteiger partial charge in [0.1, 0.15) is 5.82 Å². The largest absolute Gasteiger partial charge is 0.322 e. The third kappa shape index (κ3) is 4.93. The molecule has 4 aromatic carbocycles. The van der Waals surface area contributed by atoms with Crippen molar-refractivity contribution in [3.8, 4) is 22.4 Å². The summed E-state index contributed by atoms with van der Waals surface area (Å²) in [6.07, 6.45) is 0. The van der Waals surface area contributed by atoms with Crippen LogP contribution >= 0.6 is 0 Å². The first kappa shape index (κ1) is 22.8. The Morgan fingerprint density at radius 2 is 1.31 bits per heavy atom. The highest BCUT2D eigenvalue weighted by Crippen LogP contribution is 2.26. The van der Waals surface area contributed by atoms with Crippen molar-refractivity contribution in [1.29, 1.82) is 0 Å². The number of hydrogen-bond acceptors (Lipinski definition) is 3. The number of aromatic nitrogens is 2. The number of aryl methyl sites for hydroxylation is 1. The van der Waals surface area contributed by atoms with Crippen LogP contribution in [0.4, 0.5) is 11.5 Å². The third-order valence-electron chi connectivity index (χ3n) is 5.85. The van der Waals surface area contributed by atoms with Gasteiger partial charge in [0.2, 0.25) is 0 Å². The SMILES string of the molecule is Cn1nc(-c2ccc(NC(=O)c3ccccc3-c3ccccc3)cc2)cc1NC(=O)c1ccccc1. The highest BCUT2D eigenvalue weighted by Gasteiger charge is 2.14. The molecule has 6 nitrogen and oxygen atoms in total. The number of nitrogens with one attached hydrogen (secondary N) is 2. The molecule has 176 valence electrons. The van der Waals surface area contributed by atoms with Crippen LogP contribution in [0.5, 0.6) is 0 Å². The van der Waals surface area contributed by atoms with Gasteiger partial charge in [0.05, 0.1) is 5.69 Å². The molecule has 2 amide bonds. The molecule has 1 aromatic heterocycles. The number of carbonyl (C=O) groups is 2. The number of amides is 2. The Morgan fingerprint density at radius 3 is 2.03 bits per heavy atom. The minimum Gasteiger partial charge on any atom is -0.322 e. The molecule has 0 bridgehead atoms. The summed E-state index contributed by atoms with van der Waals surface area (Å²) >= 11 is 0. The predicted octanol–water partition coefficient (Wildman–Crippen LogP) is 6.26. The van der Waals surface area contributed by atoms with Crippen molar-refractivity contribution < 1.29 is 9.59 Å². The zero-order valence-electron chi connectivity index (χ0n) is 19.7. The Kier molecular flexibility index (Phi) is 6.40. The normalized spacial score (nSPS) is 10.6. The maximum Gasteiger partial charge on any atom is 0.256 e. The van der Waals surface area contributed by atoms with Crippen molar-refractivity contribution in [2.75, 3.05) is 10.6 Å². The smallest absolute Gasteiger partial charge is 0.256 e. The molecular weight excluding hydrogens is 448 g/mol. The average Bonchev–Trinajstić information content (AvgIpc) is 3.29. The lowest BCUT2D eigenvalue weighted by molar-refractivity contribution is 0.101. The fourth-order valence-corrected chi connectivity index (χ4v) is 3.98. The van der Waals surface area contributed by atoms with Crippen molar-refractivity contribution in [2.45, 2.75) is 0 Å². The Bertz CT molecular complexity index is 1510. The maximum absolute atomic E-state index is 13.1. The fourth-order valence-electron chi connectivity index (χ4n) is 3.98. The van der Waals surface area contributed by atoms with Gasteiger partial charge in [0.15, 0.2) is 0 Å². The number of nitrogens with zero attached hydrogens (tertiary/aromatic N) is 2. The summed E-state index contributed by atoms with van der Waals surface area (Å²) in [6.45, 7) is 0. The van der Waals surface area contributed by atoms with Gasteiger partial charge in [-0.3, -0.25) is 14.3 Å². The van der Waals surface area contributed by atoms with E-state index in [1.165, 1.54) is 0 Å². The summed E-state index contributed by atoms with van der Waals surface area (Å²) in [5.74, 6) is 0.221. The van der Waals surface area contributed by atoms with Crippen LogP contribution in [-0.2, 0) is 7.05 Å². The van der Waals surface area contributed by atoms with Crippen molar-refractivity contribution in [2.24, 2.45) is 7.05 Å². The van der Waals surface area contributed by atoms with Gasteiger partial charge in [-0.2, -0.15) is 5.10 Å². The highest BCUT2D eigenvalue weighted by molar-refractivity contribution is 6.08. The summed E-state index contributed by atoms with van der Waals surface area (Å²) in [5.41, 5.74) is 5.32. The molecule has 5 aromatic rings. The number of rotatable bonds is 6. The Morgan fingerprint density at radius 1 is 0.667 bits per heavy atom. The van der Waals surface area contributed by atoms with Crippen LogP contribution in [0.25, 0.3) is 22.4 Å². The Hall–Kier alpha value is -4.97. The van der Waals surface area contributed by atoms with Crippen LogP contribution in [0.15, 0.2) is 115 Å². The number of carbonyl (C=O) groups excluding carboxylic acids is 2. The molecule has 5 rings (SSSR count). The standard InChI is InChI=1S/C30H24N4O2/c1-34-28(32-29(35)23-12-6-3-7-13-23)20-27(33-34)22-16-18-24(19-17-22)31-30(36)26-15-9-8-14-25(26)21-10-4-2-5-11-21/h2-20H,1H3,(H,31,36)(H,32,35). The Labute approximate surface area is 209 Å². The molecule has 0 saturated carbocycles. The van der Waals surface area contributed by atoms with Gasteiger partial charge >= 0.3 is 0 Å². The molecule has 0 radical (unpaired) electrons. The zero-order chi connectivity index (χ0) is 24.9. The molecule has 0 fully saturated rings. The molecule has 0 atom stereocenters. The van der Waals surface area contributed by atoms with Crippen molar-refractivity contribution in [1.82, 2.24) is 9.78 Å². The summed E-state index contributed by atoms with van der Waals surface area (Å²) in [6, 6.07) is 35.7. The van der Waals surface area contributed by atoms with Crippen LogP contribution < -0.4 is 10.6 Å². The van der Waals surface area contributed by atoms with E-state index in [1.54, 1.807) is 23.9 Å². The molecule has 0 spiro atoms. The highest BCUT2D eigenvalue weighted by atomic mass is 16.2. The van der Waals surface area contributed by atoms with Gasteiger partial charge in [0, 0.05) is 35.5 Å². The molecule has 1 heterocycles. The van der Waals surface area contributed by atoms with Crippen molar-refractivity contribution in [3.63, 3.8) is 0 Å². The average molecular weight is 473 g/mol. The lowest BCUT2D eigenvalue weighted by Crippen LogP contribution is -2.14. The second kappa shape index (κ2) is 10.1. The molecule has 0 aliphatic carbocycles. The van der Waals surface area contributed by atoms with Crippen LogP contribution in [-0.4, -0.2) is 21.6 Å². The lowest BCUT2D eigenvalue weighted by atomic mass is 9.99.